The Bertz CT molecular complexity index is 369. The third-order valence-electron chi connectivity index (χ3n) is 4.48. The van der Waals surface area contributed by atoms with E-state index in [4.69, 9.17) is 5.73 Å². The molecule has 0 bridgehead atoms. The van der Waals surface area contributed by atoms with Gasteiger partial charge in [-0.3, -0.25) is 14.6 Å². The number of hydrogen-bond acceptors (Lipinski definition) is 4. The van der Waals surface area contributed by atoms with Crippen LogP contribution < -0.4 is 5.73 Å². The molecule has 2 saturated heterocycles. The number of piperazine rings is 1. The van der Waals surface area contributed by atoms with Crippen LogP contribution in [0.1, 0.15) is 41.0 Å². The minimum Gasteiger partial charge on any atom is -0.338 e. The summed E-state index contributed by atoms with van der Waals surface area (Å²) in [5.74, 6) is 0.0791. The van der Waals surface area contributed by atoms with E-state index in [0.29, 0.717) is 6.04 Å². The third kappa shape index (κ3) is 3.32. The molecule has 0 spiro atoms. The fourth-order valence-electron chi connectivity index (χ4n) is 3.09. The van der Waals surface area contributed by atoms with Crippen LogP contribution >= 0.6 is 0 Å². The molecule has 0 aliphatic carbocycles. The van der Waals surface area contributed by atoms with Crippen molar-refractivity contribution < 1.29 is 4.79 Å². The van der Waals surface area contributed by atoms with Crippen molar-refractivity contribution in [1.29, 1.82) is 0 Å². The maximum Gasteiger partial charge on any atom is 0.242 e. The van der Waals surface area contributed by atoms with Crippen LogP contribution in [0.2, 0.25) is 0 Å². The van der Waals surface area contributed by atoms with E-state index in [-0.39, 0.29) is 11.4 Å². The van der Waals surface area contributed by atoms with Gasteiger partial charge in [0.2, 0.25) is 5.91 Å². The summed E-state index contributed by atoms with van der Waals surface area (Å²) in [7, 11) is 0. The first-order valence-corrected chi connectivity index (χ1v) is 7.66. The van der Waals surface area contributed by atoms with Crippen LogP contribution in [0, 0.1) is 0 Å². The zero-order valence-corrected chi connectivity index (χ0v) is 13.6. The maximum absolute atomic E-state index is 12.3. The first kappa shape index (κ1) is 15.7. The number of amides is 1. The van der Waals surface area contributed by atoms with Crippen LogP contribution in [0.5, 0.6) is 0 Å². The van der Waals surface area contributed by atoms with Crippen molar-refractivity contribution in [3.63, 3.8) is 0 Å². The van der Waals surface area contributed by atoms with E-state index in [2.05, 4.69) is 30.6 Å². The molecule has 116 valence electrons. The quantitative estimate of drug-likeness (QED) is 0.769. The normalized spacial score (nSPS) is 26.5. The summed E-state index contributed by atoms with van der Waals surface area (Å²) >= 11 is 0. The van der Waals surface area contributed by atoms with Gasteiger partial charge in [0.15, 0.2) is 0 Å². The highest BCUT2D eigenvalue weighted by molar-refractivity contribution is 5.85. The Balaban J connectivity index is 1.96. The number of carbonyl (C=O) groups excluding carboxylic acids is 1. The van der Waals surface area contributed by atoms with Gasteiger partial charge in [-0.15, -0.1) is 0 Å². The van der Waals surface area contributed by atoms with Crippen molar-refractivity contribution in [3.8, 4) is 0 Å². The molecule has 2 fully saturated rings. The highest BCUT2D eigenvalue weighted by Gasteiger charge is 2.38. The van der Waals surface area contributed by atoms with Gasteiger partial charge in [0.05, 0.1) is 12.2 Å². The Labute approximate surface area is 123 Å². The van der Waals surface area contributed by atoms with Gasteiger partial charge in [-0.2, -0.15) is 0 Å². The molecular weight excluding hydrogens is 252 g/mol. The van der Waals surface area contributed by atoms with E-state index in [1.54, 1.807) is 13.8 Å². The zero-order chi connectivity index (χ0) is 15.1. The lowest BCUT2D eigenvalue weighted by Gasteiger charge is -2.51. The molecule has 0 radical (unpaired) electrons. The predicted octanol–water partition coefficient (Wildman–Crippen LogP) is 0.698. The molecule has 2 aliphatic heterocycles. The molecule has 1 unspecified atom stereocenters. The molecule has 1 amide bonds. The molecule has 0 aromatic carbocycles. The average molecular weight is 282 g/mol. The predicted molar refractivity (Wildman–Crippen MR) is 81.3 cm³/mol. The average Bonchev–Trinajstić information content (AvgIpc) is 2.34. The lowest BCUT2D eigenvalue weighted by molar-refractivity contribution is -0.141. The number of hydrogen-bond donors (Lipinski definition) is 1. The Morgan fingerprint density at radius 2 is 1.75 bits per heavy atom. The van der Waals surface area contributed by atoms with Crippen LogP contribution in [-0.2, 0) is 4.79 Å². The molecule has 2 heterocycles. The Kier molecular flexibility index (Phi) is 4.15. The second-order valence-corrected chi connectivity index (χ2v) is 7.80. The standard InChI is InChI=1S/C15H30N4O/c1-14(2,3)19-7-6-12-10-17(8-9-18(12)11-19)13(20)15(4,5)16/h12H,6-11,16H2,1-5H3. The Hall–Kier alpha value is -0.650. The molecule has 2 N–H and O–H groups in total. The van der Waals surface area contributed by atoms with Crippen molar-refractivity contribution >= 4 is 5.91 Å². The molecular formula is C15H30N4O. The highest BCUT2D eigenvalue weighted by atomic mass is 16.2. The van der Waals surface area contributed by atoms with Crippen molar-refractivity contribution in [1.82, 2.24) is 14.7 Å². The van der Waals surface area contributed by atoms with Gasteiger partial charge in [-0.25, -0.2) is 0 Å². The van der Waals surface area contributed by atoms with E-state index in [1.807, 2.05) is 4.90 Å². The third-order valence-corrected chi connectivity index (χ3v) is 4.48. The minimum atomic E-state index is -0.756. The SMILES string of the molecule is CC(C)(N)C(=O)N1CCN2CN(C(C)(C)C)CCC2C1. The molecule has 0 aromatic rings. The van der Waals surface area contributed by atoms with Gasteiger partial charge in [0.25, 0.3) is 0 Å². The van der Waals surface area contributed by atoms with E-state index >= 15 is 0 Å². The first-order valence-electron chi connectivity index (χ1n) is 7.66. The number of carbonyl (C=O) groups is 1. The van der Waals surface area contributed by atoms with Gasteiger partial charge in [0, 0.05) is 37.8 Å². The van der Waals surface area contributed by atoms with Crippen LogP contribution in [-0.4, -0.2) is 70.6 Å². The summed E-state index contributed by atoms with van der Waals surface area (Å²) in [6.45, 7) is 15.1. The first-order chi connectivity index (χ1) is 9.09. The van der Waals surface area contributed by atoms with Crippen molar-refractivity contribution in [2.75, 3.05) is 32.8 Å². The molecule has 20 heavy (non-hydrogen) atoms. The number of rotatable bonds is 1. The Morgan fingerprint density at radius 1 is 1.10 bits per heavy atom. The zero-order valence-electron chi connectivity index (χ0n) is 13.6. The molecule has 5 heteroatoms. The van der Waals surface area contributed by atoms with Crippen molar-refractivity contribution in [2.45, 2.75) is 58.2 Å². The number of nitrogens with zero attached hydrogens (tertiary/aromatic N) is 3. The van der Waals surface area contributed by atoms with Gasteiger partial charge >= 0.3 is 0 Å². The molecule has 2 aliphatic rings. The summed E-state index contributed by atoms with van der Waals surface area (Å²) in [6.07, 6.45) is 1.13. The summed E-state index contributed by atoms with van der Waals surface area (Å²) in [4.78, 5) is 19.3. The van der Waals surface area contributed by atoms with Gasteiger partial charge < -0.3 is 10.6 Å². The van der Waals surface area contributed by atoms with Crippen molar-refractivity contribution in [2.24, 2.45) is 5.73 Å². The lowest BCUT2D eigenvalue weighted by atomic mass is 9.98. The second kappa shape index (κ2) is 5.28. The molecule has 2 rings (SSSR count). The van der Waals surface area contributed by atoms with E-state index < -0.39 is 5.54 Å². The molecule has 1 atom stereocenters. The lowest BCUT2D eigenvalue weighted by Crippen LogP contribution is -2.65. The van der Waals surface area contributed by atoms with Crippen LogP contribution in [0.15, 0.2) is 0 Å². The maximum atomic E-state index is 12.3. The number of nitrogens with two attached hydrogens (primary N) is 1. The number of fused-ring (bicyclic) bond motifs is 1. The summed E-state index contributed by atoms with van der Waals surface area (Å²) in [5.41, 5.74) is 5.41. The fraction of sp³-hybridized carbons (Fsp3) is 0.933. The largest absolute Gasteiger partial charge is 0.338 e. The van der Waals surface area contributed by atoms with Gasteiger partial charge in [-0.1, -0.05) is 0 Å². The highest BCUT2D eigenvalue weighted by Crippen LogP contribution is 2.25. The van der Waals surface area contributed by atoms with E-state index in [0.717, 1.165) is 39.3 Å². The summed E-state index contributed by atoms with van der Waals surface area (Å²) in [6, 6.07) is 0.494. The molecule has 0 saturated carbocycles. The summed E-state index contributed by atoms with van der Waals surface area (Å²) < 4.78 is 0. The van der Waals surface area contributed by atoms with Gasteiger partial charge in [0.1, 0.15) is 0 Å². The fourth-order valence-corrected chi connectivity index (χ4v) is 3.09. The topological polar surface area (TPSA) is 52.8 Å². The van der Waals surface area contributed by atoms with Crippen molar-refractivity contribution in [3.05, 3.63) is 0 Å². The smallest absolute Gasteiger partial charge is 0.242 e. The molecule has 0 aromatic heterocycles. The van der Waals surface area contributed by atoms with Gasteiger partial charge in [-0.05, 0) is 41.0 Å². The summed E-state index contributed by atoms with van der Waals surface area (Å²) in [5, 5.41) is 0. The van der Waals surface area contributed by atoms with E-state index in [9.17, 15) is 4.79 Å². The minimum absolute atomic E-state index is 0.0791. The Morgan fingerprint density at radius 3 is 2.30 bits per heavy atom. The van der Waals surface area contributed by atoms with E-state index in [1.165, 1.54) is 0 Å². The van der Waals surface area contributed by atoms with Crippen LogP contribution in [0.4, 0.5) is 0 Å². The van der Waals surface area contributed by atoms with Crippen LogP contribution in [0.25, 0.3) is 0 Å². The van der Waals surface area contributed by atoms with Crippen LogP contribution in [0.3, 0.4) is 0 Å². The monoisotopic (exact) mass is 282 g/mol. The molecule has 5 nitrogen and oxygen atoms in total. The second-order valence-electron chi connectivity index (χ2n) is 7.80.